The fraction of sp³-hybridized carbons (Fsp3) is 0.438. The molecule has 4 heteroatoms. The second-order valence-corrected chi connectivity index (χ2v) is 5.31. The van der Waals surface area contributed by atoms with Crippen LogP contribution in [0.1, 0.15) is 12.5 Å². The minimum Gasteiger partial charge on any atom is -0.334 e. The molecule has 0 spiro atoms. The zero-order valence-electron chi connectivity index (χ0n) is 12.8. The van der Waals surface area contributed by atoms with Crippen LogP contribution in [0.4, 0.5) is 4.79 Å². The van der Waals surface area contributed by atoms with Crippen molar-refractivity contribution in [3.8, 4) is 0 Å². The zero-order chi connectivity index (χ0) is 15.0. The van der Waals surface area contributed by atoms with Gasteiger partial charge >= 0.3 is 6.03 Å². The lowest BCUT2D eigenvalue weighted by Gasteiger charge is -2.22. The maximum Gasteiger partial charge on any atom is 0.317 e. The second-order valence-electron chi connectivity index (χ2n) is 5.31. The summed E-state index contributed by atoms with van der Waals surface area (Å²) in [7, 11) is 5.79. The lowest BCUT2D eigenvalue weighted by molar-refractivity contribution is 0.206. The fourth-order valence-electron chi connectivity index (χ4n) is 1.91. The molecule has 2 amide bonds. The lowest BCUT2D eigenvalue weighted by atomic mass is 10.2. The van der Waals surface area contributed by atoms with Crippen LogP contribution < -0.4 is 5.32 Å². The number of nitrogens with one attached hydrogen (secondary N) is 1. The van der Waals surface area contributed by atoms with Crippen LogP contribution in [0.15, 0.2) is 36.4 Å². The van der Waals surface area contributed by atoms with Crippen LogP contribution >= 0.6 is 0 Å². The Morgan fingerprint density at radius 3 is 2.50 bits per heavy atom. The summed E-state index contributed by atoms with van der Waals surface area (Å²) in [6, 6.07) is 10.2. The summed E-state index contributed by atoms with van der Waals surface area (Å²) >= 11 is 0. The minimum atomic E-state index is -0.0444. The number of rotatable bonds is 6. The van der Waals surface area contributed by atoms with Gasteiger partial charge in [-0.15, -0.1) is 0 Å². The number of benzene rings is 1. The van der Waals surface area contributed by atoms with E-state index in [2.05, 4.69) is 10.2 Å². The molecule has 1 rings (SSSR count). The fourth-order valence-corrected chi connectivity index (χ4v) is 1.91. The van der Waals surface area contributed by atoms with Gasteiger partial charge in [0.05, 0.1) is 0 Å². The largest absolute Gasteiger partial charge is 0.334 e. The number of hydrogen-bond donors (Lipinski definition) is 1. The number of nitrogens with zero attached hydrogens (tertiary/aromatic N) is 2. The molecule has 0 saturated heterocycles. The first kappa shape index (κ1) is 16.2. The van der Waals surface area contributed by atoms with Crippen LogP contribution in [-0.4, -0.2) is 56.1 Å². The molecule has 0 heterocycles. The molecule has 0 fully saturated rings. The Kier molecular flexibility index (Phi) is 6.81. The van der Waals surface area contributed by atoms with Gasteiger partial charge in [0.15, 0.2) is 0 Å². The first-order valence-corrected chi connectivity index (χ1v) is 6.87. The topological polar surface area (TPSA) is 35.6 Å². The van der Waals surface area contributed by atoms with Crippen molar-refractivity contribution in [3.05, 3.63) is 42.0 Å². The Morgan fingerprint density at radius 2 is 1.90 bits per heavy atom. The van der Waals surface area contributed by atoms with E-state index in [1.165, 1.54) is 0 Å². The second kappa shape index (κ2) is 8.38. The van der Waals surface area contributed by atoms with Gasteiger partial charge in [0.1, 0.15) is 0 Å². The smallest absolute Gasteiger partial charge is 0.317 e. The molecule has 4 nitrogen and oxygen atoms in total. The predicted octanol–water partition coefficient (Wildman–Crippen LogP) is 2.29. The van der Waals surface area contributed by atoms with E-state index in [1.54, 1.807) is 11.9 Å². The highest BCUT2D eigenvalue weighted by atomic mass is 16.2. The zero-order valence-corrected chi connectivity index (χ0v) is 12.8. The standard InChI is InChI=1S/C16H25N3O/c1-14(13-18(2)3)17-16(20)19(4)12-8-11-15-9-6-5-7-10-15/h5-11,14H,12-13H2,1-4H3,(H,17,20)/b11-8+. The van der Waals surface area contributed by atoms with Gasteiger partial charge in [-0.3, -0.25) is 0 Å². The van der Waals surface area contributed by atoms with Gasteiger partial charge in [-0.25, -0.2) is 4.79 Å². The molecule has 1 unspecified atom stereocenters. The van der Waals surface area contributed by atoms with Gasteiger partial charge in [-0.05, 0) is 26.6 Å². The molecule has 0 aliphatic rings. The van der Waals surface area contributed by atoms with Gasteiger partial charge in [0.25, 0.3) is 0 Å². The van der Waals surface area contributed by atoms with E-state index in [0.29, 0.717) is 6.54 Å². The number of carbonyl (C=O) groups excluding carboxylic acids is 1. The minimum absolute atomic E-state index is 0.0444. The van der Waals surface area contributed by atoms with Crippen LogP contribution in [0.2, 0.25) is 0 Å². The summed E-state index contributed by atoms with van der Waals surface area (Å²) in [5.74, 6) is 0. The van der Waals surface area contributed by atoms with E-state index in [0.717, 1.165) is 12.1 Å². The van der Waals surface area contributed by atoms with E-state index in [1.807, 2.05) is 63.5 Å². The van der Waals surface area contributed by atoms with E-state index in [-0.39, 0.29) is 12.1 Å². The molecule has 1 aromatic rings. The average Bonchev–Trinajstić information content (AvgIpc) is 2.38. The van der Waals surface area contributed by atoms with E-state index < -0.39 is 0 Å². The Balaban J connectivity index is 2.36. The lowest BCUT2D eigenvalue weighted by Crippen LogP contribution is -2.45. The predicted molar refractivity (Wildman–Crippen MR) is 84.7 cm³/mol. The summed E-state index contributed by atoms with van der Waals surface area (Å²) < 4.78 is 0. The number of hydrogen-bond acceptors (Lipinski definition) is 2. The molecular formula is C16H25N3O. The molecule has 110 valence electrons. The number of urea groups is 1. The van der Waals surface area contributed by atoms with Crippen molar-refractivity contribution in [2.24, 2.45) is 0 Å². The number of carbonyl (C=O) groups is 1. The maximum absolute atomic E-state index is 11.9. The molecule has 1 aromatic carbocycles. The SMILES string of the molecule is CC(CN(C)C)NC(=O)N(C)C/C=C/c1ccccc1. The third kappa shape index (κ3) is 6.38. The Bertz CT molecular complexity index is 429. The molecular weight excluding hydrogens is 250 g/mol. The van der Waals surface area contributed by atoms with Gasteiger partial charge in [0.2, 0.25) is 0 Å². The van der Waals surface area contributed by atoms with Crippen LogP contribution in [0, 0.1) is 0 Å². The third-order valence-electron chi connectivity index (χ3n) is 2.84. The molecule has 0 bridgehead atoms. The molecule has 20 heavy (non-hydrogen) atoms. The molecule has 0 aliphatic heterocycles. The van der Waals surface area contributed by atoms with Crippen molar-refractivity contribution in [1.82, 2.24) is 15.1 Å². The summed E-state index contributed by atoms with van der Waals surface area (Å²) in [6.07, 6.45) is 4.01. The highest BCUT2D eigenvalue weighted by Gasteiger charge is 2.10. The van der Waals surface area contributed by atoms with Gasteiger partial charge in [0, 0.05) is 26.2 Å². The first-order valence-electron chi connectivity index (χ1n) is 6.87. The summed E-state index contributed by atoms with van der Waals surface area (Å²) in [5.41, 5.74) is 1.14. The highest BCUT2D eigenvalue weighted by Crippen LogP contribution is 2.01. The van der Waals surface area contributed by atoms with Crippen LogP contribution in [-0.2, 0) is 0 Å². The van der Waals surface area contributed by atoms with Crippen molar-refractivity contribution in [3.63, 3.8) is 0 Å². The van der Waals surface area contributed by atoms with Crippen LogP contribution in [0.3, 0.4) is 0 Å². The summed E-state index contributed by atoms with van der Waals surface area (Å²) in [4.78, 5) is 15.7. The quantitative estimate of drug-likeness (QED) is 0.864. The van der Waals surface area contributed by atoms with Crippen LogP contribution in [0.25, 0.3) is 6.08 Å². The normalized spacial score (nSPS) is 12.7. The Labute approximate surface area is 122 Å². The van der Waals surface area contributed by atoms with Crippen molar-refractivity contribution in [2.75, 3.05) is 34.2 Å². The van der Waals surface area contributed by atoms with Gasteiger partial charge in [-0.2, -0.15) is 0 Å². The third-order valence-corrected chi connectivity index (χ3v) is 2.84. The van der Waals surface area contributed by atoms with E-state index in [4.69, 9.17) is 0 Å². The van der Waals surface area contributed by atoms with Crippen molar-refractivity contribution in [1.29, 1.82) is 0 Å². The molecule has 0 radical (unpaired) electrons. The molecule has 0 saturated carbocycles. The maximum atomic E-state index is 11.9. The van der Waals surface area contributed by atoms with Crippen LogP contribution in [0.5, 0.6) is 0 Å². The number of amides is 2. The van der Waals surface area contributed by atoms with E-state index in [9.17, 15) is 4.79 Å². The van der Waals surface area contributed by atoms with Crippen molar-refractivity contribution in [2.45, 2.75) is 13.0 Å². The average molecular weight is 275 g/mol. The highest BCUT2D eigenvalue weighted by molar-refractivity contribution is 5.74. The molecule has 1 atom stereocenters. The molecule has 1 N–H and O–H groups in total. The summed E-state index contributed by atoms with van der Waals surface area (Å²) in [6.45, 7) is 3.43. The van der Waals surface area contributed by atoms with E-state index >= 15 is 0 Å². The van der Waals surface area contributed by atoms with Crippen molar-refractivity contribution < 1.29 is 4.79 Å². The van der Waals surface area contributed by atoms with Gasteiger partial charge in [-0.1, -0.05) is 42.5 Å². The molecule has 0 aromatic heterocycles. The summed E-state index contributed by atoms with van der Waals surface area (Å²) in [5, 5.41) is 2.97. The monoisotopic (exact) mass is 275 g/mol. The van der Waals surface area contributed by atoms with Gasteiger partial charge < -0.3 is 15.1 Å². The Morgan fingerprint density at radius 1 is 1.25 bits per heavy atom. The van der Waals surface area contributed by atoms with Crippen molar-refractivity contribution >= 4 is 12.1 Å². The Hall–Kier alpha value is -1.81. The molecule has 0 aliphatic carbocycles. The number of likely N-dealkylation sites (N-methyl/N-ethyl adjacent to an activating group) is 2. The first-order chi connectivity index (χ1) is 9.49.